The zero-order valence-electron chi connectivity index (χ0n) is 16.3. The lowest BCUT2D eigenvalue weighted by atomic mass is 9.73. The number of hydrogen-bond acceptors (Lipinski definition) is 6. The molecule has 2 aliphatic heterocycles. The number of methoxy groups -OCH3 is 1. The topological polar surface area (TPSA) is 83.7 Å². The predicted molar refractivity (Wildman–Crippen MR) is 97.9 cm³/mol. The van der Waals surface area contributed by atoms with Gasteiger partial charge in [0.25, 0.3) is 6.43 Å². The van der Waals surface area contributed by atoms with Crippen LogP contribution >= 0.6 is 0 Å². The van der Waals surface area contributed by atoms with Gasteiger partial charge in [-0.2, -0.15) is 5.48 Å². The maximum Gasteiger partial charge on any atom is 0.279 e. The number of piperidine rings is 1. The number of ether oxygens (including phenoxy) is 1. The first-order valence-corrected chi connectivity index (χ1v) is 10.6. The van der Waals surface area contributed by atoms with Gasteiger partial charge < -0.3 is 10.1 Å². The van der Waals surface area contributed by atoms with Crippen LogP contribution in [0.1, 0.15) is 44.9 Å². The molecule has 1 amide bonds. The highest BCUT2D eigenvalue weighted by molar-refractivity contribution is 5.79. The van der Waals surface area contributed by atoms with Crippen molar-refractivity contribution in [1.29, 1.82) is 0 Å². The smallest absolute Gasteiger partial charge is 0.279 e. The second-order valence-corrected chi connectivity index (χ2v) is 8.72. The molecule has 2 saturated heterocycles. The van der Waals surface area contributed by atoms with E-state index in [0.29, 0.717) is 11.8 Å². The third-order valence-corrected chi connectivity index (χ3v) is 7.16. The Bertz CT molecular complexity index is 555. The van der Waals surface area contributed by atoms with E-state index in [2.05, 4.69) is 21.4 Å². The molecule has 4 rings (SSSR count). The highest BCUT2D eigenvalue weighted by Crippen LogP contribution is 2.45. The molecule has 0 radical (unpaired) electrons. The van der Waals surface area contributed by atoms with Gasteiger partial charge in [0.05, 0.1) is 6.17 Å². The molecule has 0 bridgehead atoms. The molecule has 0 aromatic rings. The van der Waals surface area contributed by atoms with E-state index in [9.17, 15) is 13.6 Å². The van der Waals surface area contributed by atoms with E-state index in [1.165, 1.54) is 0 Å². The van der Waals surface area contributed by atoms with Gasteiger partial charge >= 0.3 is 0 Å². The van der Waals surface area contributed by atoms with Gasteiger partial charge in [-0.05, 0) is 69.2 Å². The molecule has 7 unspecified atom stereocenters. The fourth-order valence-electron chi connectivity index (χ4n) is 5.62. The molecule has 0 aromatic heterocycles. The van der Waals surface area contributed by atoms with E-state index in [4.69, 9.17) is 9.57 Å². The minimum atomic E-state index is -2.53. The van der Waals surface area contributed by atoms with Crippen molar-refractivity contribution < 1.29 is 23.1 Å². The van der Waals surface area contributed by atoms with Crippen LogP contribution in [0.15, 0.2) is 0 Å². The lowest BCUT2D eigenvalue weighted by Crippen LogP contribution is -2.49. The van der Waals surface area contributed by atoms with Gasteiger partial charge in [0.1, 0.15) is 6.23 Å². The number of nitrogens with one attached hydrogen (secondary N) is 4. The summed E-state index contributed by atoms with van der Waals surface area (Å²) < 4.78 is 30.9. The van der Waals surface area contributed by atoms with Crippen molar-refractivity contribution >= 4 is 5.91 Å². The minimum absolute atomic E-state index is 0.0110. The molecule has 0 spiro atoms. The highest BCUT2D eigenvalue weighted by Gasteiger charge is 2.45. The fourth-order valence-corrected chi connectivity index (χ4v) is 5.62. The summed E-state index contributed by atoms with van der Waals surface area (Å²) in [4.78, 5) is 17.7. The van der Waals surface area contributed by atoms with Crippen LogP contribution in [0, 0.1) is 23.7 Å². The molecule has 4 fully saturated rings. The van der Waals surface area contributed by atoms with Gasteiger partial charge in [0.2, 0.25) is 5.91 Å². The first kappa shape index (κ1) is 20.4. The molecule has 0 aromatic carbocycles. The number of hydrogen-bond donors (Lipinski definition) is 4. The third kappa shape index (κ3) is 4.33. The summed E-state index contributed by atoms with van der Waals surface area (Å²) in [5, 5.41) is 9.45. The Labute approximate surface area is 164 Å². The van der Waals surface area contributed by atoms with E-state index in [1.807, 2.05) is 0 Å². The SMILES string of the molecule is COC1CC(C(=O)N[C@@H]2CCC3CC(C4NOC(C(F)F)N4)CCC32)CCN1. The molecule has 160 valence electrons. The predicted octanol–water partition coefficient (Wildman–Crippen LogP) is 1.31. The number of hydroxylamine groups is 1. The summed E-state index contributed by atoms with van der Waals surface area (Å²) in [7, 11) is 1.67. The monoisotopic (exact) mass is 402 g/mol. The molecule has 28 heavy (non-hydrogen) atoms. The van der Waals surface area contributed by atoms with E-state index in [0.717, 1.165) is 51.5 Å². The van der Waals surface area contributed by atoms with Crippen molar-refractivity contribution in [2.75, 3.05) is 13.7 Å². The molecule has 4 N–H and O–H groups in total. The zero-order chi connectivity index (χ0) is 19.7. The van der Waals surface area contributed by atoms with Crippen LogP contribution in [0.3, 0.4) is 0 Å². The molecular weight excluding hydrogens is 370 g/mol. The first-order chi connectivity index (χ1) is 13.5. The van der Waals surface area contributed by atoms with Crippen LogP contribution in [-0.2, 0) is 14.4 Å². The van der Waals surface area contributed by atoms with Crippen LogP contribution in [-0.4, -0.2) is 50.7 Å². The maximum atomic E-state index is 12.8. The Morgan fingerprint density at radius 1 is 1.14 bits per heavy atom. The van der Waals surface area contributed by atoms with Crippen LogP contribution < -0.4 is 21.4 Å². The molecule has 8 atom stereocenters. The van der Waals surface area contributed by atoms with E-state index < -0.39 is 12.7 Å². The van der Waals surface area contributed by atoms with Crippen LogP contribution in [0.4, 0.5) is 8.78 Å². The average Bonchev–Trinajstić information content (AvgIpc) is 3.35. The molecular formula is C19H32F2N4O3. The molecule has 9 heteroatoms. The Morgan fingerprint density at radius 2 is 1.96 bits per heavy atom. The largest absolute Gasteiger partial charge is 0.367 e. The van der Waals surface area contributed by atoms with Crippen molar-refractivity contribution in [3.63, 3.8) is 0 Å². The van der Waals surface area contributed by atoms with Crippen molar-refractivity contribution in [2.24, 2.45) is 23.7 Å². The number of carbonyl (C=O) groups is 1. The quantitative estimate of drug-likeness (QED) is 0.555. The number of alkyl halides is 2. The van der Waals surface area contributed by atoms with Gasteiger partial charge in [-0.15, -0.1) is 0 Å². The molecule has 2 heterocycles. The second-order valence-electron chi connectivity index (χ2n) is 8.72. The highest BCUT2D eigenvalue weighted by atomic mass is 19.3. The van der Waals surface area contributed by atoms with Crippen molar-refractivity contribution in [3.8, 4) is 0 Å². The standard InChI is InChI=1S/C19H32F2N4O3/c1-27-15-9-12(6-7-22-15)18(26)23-14-5-3-10-8-11(2-4-13(10)14)17-24-19(16(20)21)28-25-17/h10-17,19,22,24-25H,2-9H2,1H3,(H,23,26)/t10?,11?,12?,13?,14-,15?,17?,19?/m1/s1. The van der Waals surface area contributed by atoms with E-state index in [1.54, 1.807) is 7.11 Å². The van der Waals surface area contributed by atoms with Gasteiger partial charge in [-0.3, -0.25) is 20.3 Å². The Hall–Kier alpha value is -0.870. The first-order valence-electron chi connectivity index (χ1n) is 10.6. The normalized spacial score (nSPS) is 43.9. The van der Waals surface area contributed by atoms with Crippen molar-refractivity contribution in [1.82, 2.24) is 21.4 Å². The fraction of sp³-hybridized carbons (Fsp3) is 0.947. The van der Waals surface area contributed by atoms with Crippen LogP contribution in [0.25, 0.3) is 0 Å². The van der Waals surface area contributed by atoms with Crippen LogP contribution in [0.5, 0.6) is 0 Å². The Balaban J connectivity index is 1.27. The van der Waals surface area contributed by atoms with Crippen LogP contribution in [0.2, 0.25) is 0 Å². The summed E-state index contributed by atoms with van der Waals surface area (Å²) >= 11 is 0. The summed E-state index contributed by atoms with van der Waals surface area (Å²) in [6, 6.07) is 0.240. The third-order valence-electron chi connectivity index (χ3n) is 7.16. The molecule has 4 aliphatic rings. The Morgan fingerprint density at radius 3 is 2.71 bits per heavy atom. The Kier molecular flexibility index (Phi) is 6.46. The maximum absolute atomic E-state index is 12.8. The summed E-state index contributed by atoms with van der Waals surface area (Å²) in [5.41, 5.74) is 2.76. The number of fused-ring (bicyclic) bond motifs is 1. The molecule has 2 saturated carbocycles. The van der Waals surface area contributed by atoms with Crippen molar-refractivity contribution in [2.45, 2.75) is 76.0 Å². The van der Waals surface area contributed by atoms with Gasteiger partial charge in [0.15, 0.2) is 6.23 Å². The van der Waals surface area contributed by atoms with E-state index in [-0.39, 0.29) is 36.2 Å². The second kappa shape index (κ2) is 8.87. The number of amides is 1. The van der Waals surface area contributed by atoms with Gasteiger partial charge in [0, 0.05) is 19.1 Å². The molecule has 2 aliphatic carbocycles. The zero-order valence-corrected chi connectivity index (χ0v) is 16.3. The summed E-state index contributed by atoms with van der Waals surface area (Å²) in [6.45, 7) is 0.804. The van der Waals surface area contributed by atoms with Gasteiger partial charge in [-0.25, -0.2) is 8.78 Å². The van der Waals surface area contributed by atoms with Crippen molar-refractivity contribution in [3.05, 3.63) is 0 Å². The average molecular weight is 402 g/mol. The van der Waals surface area contributed by atoms with Gasteiger partial charge in [-0.1, -0.05) is 0 Å². The lowest BCUT2D eigenvalue weighted by Gasteiger charge is -2.37. The minimum Gasteiger partial charge on any atom is -0.367 e. The van der Waals surface area contributed by atoms with E-state index >= 15 is 0 Å². The number of halogens is 2. The molecule has 7 nitrogen and oxygen atoms in total. The summed E-state index contributed by atoms with van der Waals surface area (Å²) in [6.07, 6.45) is 2.61. The summed E-state index contributed by atoms with van der Waals surface area (Å²) in [5.74, 6) is 1.48. The lowest BCUT2D eigenvalue weighted by molar-refractivity contribution is -0.128. The number of carbonyl (C=O) groups excluding carboxylic acids is 1. The number of rotatable bonds is 5.